The molecule has 1 aliphatic carbocycles. The minimum Gasteiger partial charge on any atom is -0.381 e. The van der Waals surface area contributed by atoms with Crippen molar-refractivity contribution in [3.05, 3.63) is 12.2 Å². The predicted molar refractivity (Wildman–Crippen MR) is 69.7 cm³/mol. The molecule has 1 fully saturated rings. The standard InChI is InChI=1S/C14H27NO/c1-13(2)9-12-16-11-6-4-3-5-10-15-14-7-8-14/h14-15H,1,3-12H2,2H3. The van der Waals surface area contributed by atoms with Crippen molar-refractivity contribution >= 4 is 0 Å². The van der Waals surface area contributed by atoms with Crippen molar-refractivity contribution in [3.63, 3.8) is 0 Å². The van der Waals surface area contributed by atoms with Gasteiger partial charge in [0.15, 0.2) is 0 Å². The molecule has 0 aromatic rings. The summed E-state index contributed by atoms with van der Waals surface area (Å²) in [6.45, 7) is 8.88. The molecule has 0 aromatic heterocycles. The van der Waals surface area contributed by atoms with E-state index >= 15 is 0 Å². The molecule has 0 atom stereocenters. The van der Waals surface area contributed by atoms with Crippen LogP contribution >= 0.6 is 0 Å². The van der Waals surface area contributed by atoms with E-state index in [9.17, 15) is 0 Å². The molecule has 94 valence electrons. The maximum atomic E-state index is 5.52. The Morgan fingerprint density at radius 3 is 2.62 bits per heavy atom. The summed E-state index contributed by atoms with van der Waals surface area (Å²) in [7, 11) is 0. The summed E-state index contributed by atoms with van der Waals surface area (Å²) in [6.07, 6.45) is 8.98. The minimum atomic E-state index is 0.846. The quantitative estimate of drug-likeness (QED) is 0.430. The molecule has 0 radical (unpaired) electrons. The molecule has 1 N–H and O–H groups in total. The highest BCUT2D eigenvalue weighted by atomic mass is 16.5. The average molecular weight is 225 g/mol. The molecule has 0 bridgehead atoms. The van der Waals surface area contributed by atoms with E-state index in [2.05, 4.69) is 18.8 Å². The van der Waals surface area contributed by atoms with Crippen LogP contribution in [0.1, 0.15) is 51.9 Å². The molecule has 0 aliphatic heterocycles. The first-order valence-electron chi connectivity index (χ1n) is 6.74. The third kappa shape index (κ3) is 8.93. The van der Waals surface area contributed by atoms with Gasteiger partial charge in [0.05, 0.1) is 6.61 Å². The molecule has 0 aromatic carbocycles. The van der Waals surface area contributed by atoms with Gasteiger partial charge in [-0.25, -0.2) is 0 Å². The Hall–Kier alpha value is -0.340. The van der Waals surface area contributed by atoms with Gasteiger partial charge in [0.2, 0.25) is 0 Å². The summed E-state index contributed by atoms with van der Waals surface area (Å²) in [4.78, 5) is 0. The molecule has 0 unspecified atom stereocenters. The first-order chi connectivity index (χ1) is 7.79. The molecular weight excluding hydrogens is 198 g/mol. The molecule has 2 heteroatoms. The van der Waals surface area contributed by atoms with E-state index in [4.69, 9.17) is 4.74 Å². The lowest BCUT2D eigenvalue weighted by molar-refractivity contribution is 0.133. The van der Waals surface area contributed by atoms with Crippen LogP contribution in [-0.4, -0.2) is 25.8 Å². The number of ether oxygens (including phenoxy) is 1. The summed E-state index contributed by atoms with van der Waals surface area (Å²) in [5, 5.41) is 3.54. The lowest BCUT2D eigenvalue weighted by atomic mass is 10.2. The van der Waals surface area contributed by atoms with Gasteiger partial charge >= 0.3 is 0 Å². The van der Waals surface area contributed by atoms with E-state index < -0.39 is 0 Å². The smallest absolute Gasteiger partial charge is 0.0502 e. The fourth-order valence-electron chi connectivity index (χ4n) is 1.62. The van der Waals surface area contributed by atoms with Crippen molar-refractivity contribution in [3.8, 4) is 0 Å². The van der Waals surface area contributed by atoms with Crippen LogP contribution in [-0.2, 0) is 4.74 Å². The van der Waals surface area contributed by atoms with Gasteiger partial charge in [0.25, 0.3) is 0 Å². The Kier molecular flexibility index (Phi) is 7.52. The molecule has 0 saturated heterocycles. The van der Waals surface area contributed by atoms with E-state index in [1.165, 1.54) is 50.6 Å². The van der Waals surface area contributed by atoms with Gasteiger partial charge in [-0.2, -0.15) is 0 Å². The topological polar surface area (TPSA) is 21.3 Å². The highest BCUT2D eigenvalue weighted by Crippen LogP contribution is 2.18. The minimum absolute atomic E-state index is 0.846. The van der Waals surface area contributed by atoms with Crippen molar-refractivity contribution in [2.75, 3.05) is 19.8 Å². The van der Waals surface area contributed by atoms with Gasteiger partial charge in [0.1, 0.15) is 0 Å². The van der Waals surface area contributed by atoms with Crippen molar-refractivity contribution in [2.45, 2.75) is 57.9 Å². The van der Waals surface area contributed by atoms with E-state index in [1.54, 1.807) is 0 Å². The zero-order valence-corrected chi connectivity index (χ0v) is 10.8. The third-order valence-electron chi connectivity index (χ3n) is 2.90. The monoisotopic (exact) mass is 225 g/mol. The second-order valence-electron chi connectivity index (χ2n) is 4.96. The van der Waals surface area contributed by atoms with Crippen LogP contribution in [0.15, 0.2) is 12.2 Å². The predicted octanol–water partition coefficient (Wildman–Crippen LogP) is 3.28. The normalized spacial score (nSPS) is 15.3. The van der Waals surface area contributed by atoms with Crippen molar-refractivity contribution in [2.24, 2.45) is 0 Å². The van der Waals surface area contributed by atoms with Crippen LogP contribution in [0.2, 0.25) is 0 Å². The maximum Gasteiger partial charge on any atom is 0.0502 e. The second kappa shape index (κ2) is 8.77. The van der Waals surface area contributed by atoms with Gasteiger partial charge in [0, 0.05) is 12.6 Å². The Morgan fingerprint density at radius 1 is 1.19 bits per heavy atom. The van der Waals surface area contributed by atoms with Crippen LogP contribution in [0.5, 0.6) is 0 Å². The van der Waals surface area contributed by atoms with Gasteiger partial charge in [-0.05, 0) is 45.6 Å². The Balaban J connectivity index is 1.66. The van der Waals surface area contributed by atoms with Crippen molar-refractivity contribution in [1.29, 1.82) is 0 Å². The first kappa shape index (κ1) is 13.7. The summed E-state index contributed by atoms with van der Waals surface area (Å²) < 4.78 is 5.52. The van der Waals surface area contributed by atoms with Gasteiger partial charge in [-0.1, -0.05) is 18.4 Å². The van der Waals surface area contributed by atoms with Crippen LogP contribution < -0.4 is 5.32 Å². The fraction of sp³-hybridized carbons (Fsp3) is 0.857. The SMILES string of the molecule is C=C(C)CCOCCCCCCNC1CC1. The molecule has 0 spiro atoms. The van der Waals surface area contributed by atoms with E-state index in [-0.39, 0.29) is 0 Å². The summed E-state index contributed by atoms with van der Waals surface area (Å²) in [6, 6.07) is 0.866. The highest BCUT2D eigenvalue weighted by molar-refractivity contribution is 4.87. The molecule has 16 heavy (non-hydrogen) atoms. The van der Waals surface area contributed by atoms with Gasteiger partial charge in [-0.3, -0.25) is 0 Å². The summed E-state index contributed by atoms with van der Waals surface area (Å²) in [5.41, 5.74) is 1.21. The molecule has 1 aliphatic rings. The molecule has 2 nitrogen and oxygen atoms in total. The summed E-state index contributed by atoms with van der Waals surface area (Å²) in [5.74, 6) is 0. The fourth-order valence-corrected chi connectivity index (χ4v) is 1.62. The zero-order chi connectivity index (χ0) is 11.6. The summed E-state index contributed by atoms with van der Waals surface area (Å²) >= 11 is 0. The van der Waals surface area contributed by atoms with E-state index in [1.807, 2.05) is 0 Å². The third-order valence-corrected chi connectivity index (χ3v) is 2.90. The van der Waals surface area contributed by atoms with Crippen LogP contribution in [0.4, 0.5) is 0 Å². The molecule has 1 rings (SSSR count). The van der Waals surface area contributed by atoms with Crippen molar-refractivity contribution in [1.82, 2.24) is 5.32 Å². The highest BCUT2D eigenvalue weighted by Gasteiger charge is 2.19. The number of rotatable bonds is 11. The molecular formula is C14H27NO. The number of hydrogen-bond acceptors (Lipinski definition) is 2. The maximum absolute atomic E-state index is 5.52. The van der Waals surface area contributed by atoms with Crippen LogP contribution in [0, 0.1) is 0 Å². The number of unbranched alkanes of at least 4 members (excludes halogenated alkanes) is 3. The van der Waals surface area contributed by atoms with Gasteiger partial charge < -0.3 is 10.1 Å². The van der Waals surface area contributed by atoms with E-state index in [0.717, 1.165) is 25.7 Å². The molecule has 0 amide bonds. The largest absolute Gasteiger partial charge is 0.381 e. The number of hydrogen-bond donors (Lipinski definition) is 1. The lowest BCUT2D eigenvalue weighted by Gasteiger charge is -2.04. The van der Waals surface area contributed by atoms with Gasteiger partial charge in [-0.15, -0.1) is 6.58 Å². The number of nitrogens with one attached hydrogen (secondary N) is 1. The van der Waals surface area contributed by atoms with Crippen LogP contribution in [0.3, 0.4) is 0 Å². The Labute approximate surface area is 100 Å². The molecule has 1 saturated carbocycles. The average Bonchev–Trinajstić information content (AvgIpc) is 3.04. The van der Waals surface area contributed by atoms with Crippen LogP contribution in [0.25, 0.3) is 0 Å². The van der Waals surface area contributed by atoms with E-state index in [0.29, 0.717) is 0 Å². The lowest BCUT2D eigenvalue weighted by Crippen LogP contribution is -2.17. The Bertz CT molecular complexity index is 187. The first-order valence-corrected chi connectivity index (χ1v) is 6.74. The molecule has 0 heterocycles. The Morgan fingerprint density at radius 2 is 1.94 bits per heavy atom. The second-order valence-corrected chi connectivity index (χ2v) is 4.96. The van der Waals surface area contributed by atoms with Crippen molar-refractivity contribution < 1.29 is 4.74 Å². The zero-order valence-electron chi connectivity index (χ0n) is 10.8.